The van der Waals surface area contributed by atoms with Crippen LogP contribution in [0.2, 0.25) is 5.02 Å². The first kappa shape index (κ1) is 19.9. The minimum atomic E-state index is -0.378. The average Bonchev–Trinajstić information content (AvgIpc) is 3.11. The quantitative estimate of drug-likeness (QED) is 0.771. The van der Waals surface area contributed by atoms with Crippen LogP contribution in [0.4, 0.5) is 10.1 Å². The molecule has 0 N–H and O–H groups in total. The van der Waals surface area contributed by atoms with Crippen LogP contribution in [0.1, 0.15) is 12.0 Å². The zero-order valence-electron chi connectivity index (χ0n) is 16.1. The zero-order chi connectivity index (χ0) is 20.4. The van der Waals surface area contributed by atoms with E-state index in [1.807, 2.05) is 23.1 Å². The molecule has 1 unspecified atom stereocenters. The van der Waals surface area contributed by atoms with Gasteiger partial charge in [-0.1, -0.05) is 41.9 Å². The second-order valence-corrected chi connectivity index (χ2v) is 7.84. The van der Waals surface area contributed by atoms with Crippen molar-refractivity contribution in [3.8, 4) is 0 Å². The third kappa shape index (κ3) is 4.14. The van der Waals surface area contributed by atoms with Gasteiger partial charge in [0.1, 0.15) is 5.82 Å². The molecule has 0 saturated carbocycles. The first-order chi connectivity index (χ1) is 14.0. The number of hydrogen-bond acceptors (Lipinski definition) is 3. The average molecular weight is 416 g/mol. The van der Waals surface area contributed by atoms with Gasteiger partial charge in [-0.3, -0.25) is 14.5 Å². The molecule has 2 aromatic rings. The summed E-state index contributed by atoms with van der Waals surface area (Å²) in [6.45, 7) is 2.93. The van der Waals surface area contributed by atoms with Crippen molar-refractivity contribution in [2.75, 3.05) is 37.6 Å². The summed E-state index contributed by atoms with van der Waals surface area (Å²) >= 11 is 6.16. The van der Waals surface area contributed by atoms with Crippen LogP contribution >= 0.6 is 11.6 Å². The summed E-state index contributed by atoms with van der Waals surface area (Å²) in [5, 5.41) is 0.601. The Morgan fingerprint density at radius 1 is 1.00 bits per heavy atom. The number of carbonyl (C=O) groups is 2. The number of piperazine rings is 1. The fraction of sp³-hybridized carbons (Fsp3) is 0.364. The fourth-order valence-electron chi connectivity index (χ4n) is 4.11. The molecule has 4 rings (SSSR count). The number of amides is 2. The largest absolute Gasteiger partial charge is 0.340 e. The second-order valence-electron chi connectivity index (χ2n) is 7.43. The molecule has 152 valence electrons. The van der Waals surface area contributed by atoms with Gasteiger partial charge in [-0.15, -0.1) is 0 Å². The molecule has 0 bridgehead atoms. The maximum atomic E-state index is 14.1. The number of para-hydroxylation sites is 1. The Morgan fingerprint density at radius 2 is 1.69 bits per heavy atom. The molecular formula is C22H23ClFN3O2. The third-order valence-corrected chi connectivity index (χ3v) is 6.10. The number of benzene rings is 2. The number of hydrogen-bond donors (Lipinski definition) is 0. The number of carbonyl (C=O) groups excluding carboxylic acids is 2. The van der Waals surface area contributed by atoms with Crippen molar-refractivity contribution in [1.82, 2.24) is 9.80 Å². The van der Waals surface area contributed by atoms with Crippen LogP contribution in [0.3, 0.4) is 0 Å². The number of halogens is 2. The molecular weight excluding hydrogens is 393 g/mol. The van der Waals surface area contributed by atoms with E-state index in [9.17, 15) is 14.0 Å². The van der Waals surface area contributed by atoms with Crippen LogP contribution in [0.25, 0.3) is 0 Å². The van der Waals surface area contributed by atoms with Crippen molar-refractivity contribution in [3.63, 3.8) is 0 Å². The second kappa shape index (κ2) is 8.51. The van der Waals surface area contributed by atoms with Crippen molar-refractivity contribution in [2.45, 2.75) is 18.9 Å². The van der Waals surface area contributed by atoms with Crippen LogP contribution in [0.15, 0.2) is 48.5 Å². The van der Waals surface area contributed by atoms with Crippen LogP contribution < -0.4 is 4.90 Å². The number of anilines is 1. The van der Waals surface area contributed by atoms with Crippen molar-refractivity contribution in [1.29, 1.82) is 0 Å². The molecule has 5 nitrogen and oxygen atoms in total. The molecule has 0 radical (unpaired) electrons. The smallest absolute Gasteiger partial charge is 0.244 e. The Bertz CT molecular complexity index is 914. The minimum Gasteiger partial charge on any atom is -0.340 e. The van der Waals surface area contributed by atoms with Gasteiger partial charge in [0.15, 0.2) is 0 Å². The highest BCUT2D eigenvalue weighted by molar-refractivity contribution is 6.31. The van der Waals surface area contributed by atoms with E-state index in [0.29, 0.717) is 49.9 Å². The molecule has 0 aliphatic carbocycles. The molecule has 2 saturated heterocycles. The Kier molecular flexibility index (Phi) is 5.83. The molecule has 2 heterocycles. The minimum absolute atomic E-state index is 0.0449. The molecule has 1 atom stereocenters. The highest BCUT2D eigenvalue weighted by Gasteiger charge is 2.38. The third-order valence-electron chi connectivity index (χ3n) is 5.73. The maximum Gasteiger partial charge on any atom is 0.244 e. The fourth-order valence-corrected chi connectivity index (χ4v) is 4.32. The predicted octanol–water partition coefficient (Wildman–Crippen LogP) is 2.97. The highest BCUT2D eigenvalue weighted by Crippen LogP contribution is 2.27. The first-order valence-corrected chi connectivity index (χ1v) is 10.2. The van der Waals surface area contributed by atoms with Gasteiger partial charge in [0, 0.05) is 37.7 Å². The Morgan fingerprint density at radius 3 is 2.41 bits per heavy atom. The van der Waals surface area contributed by atoms with Gasteiger partial charge in [-0.2, -0.15) is 0 Å². The number of rotatable bonds is 4. The molecule has 2 amide bonds. The summed E-state index contributed by atoms with van der Waals surface area (Å²) in [5.41, 5.74) is 1.17. The van der Waals surface area contributed by atoms with Crippen LogP contribution in [0.5, 0.6) is 0 Å². The molecule has 0 spiro atoms. The summed E-state index contributed by atoms with van der Waals surface area (Å²) in [6, 6.07) is 13.5. The molecule has 2 fully saturated rings. The van der Waals surface area contributed by atoms with E-state index in [0.717, 1.165) is 5.56 Å². The summed E-state index contributed by atoms with van der Waals surface area (Å²) in [4.78, 5) is 31.0. The Balaban J connectivity index is 1.34. The normalized spacial score (nSPS) is 20.3. The monoisotopic (exact) mass is 415 g/mol. The van der Waals surface area contributed by atoms with Gasteiger partial charge in [-0.05, 0) is 30.2 Å². The summed E-state index contributed by atoms with van der Waals surface area (Å²) < 4.78 is 14.1. The lowest BCUT2D eigenvalue weighted by Crippen LogP contribution is -2.54. The first-order valence-electron chi connectivity index (χ1n) is 9.86. The lowest BCUT2D eigenvalue weighted by Gasteiger charge is -2.37. The topological polar surface area (TPSA) is 43.9 Å². The van der Waals surface area contributed by atoms with Crippen molar-refractivity contribution in [3.05, 3.63) is 64.9 Å². The van der Waals surface area contributed by atoms with E-state index in [1.165, 1.54) is 11.0 Å². The van der Waals surface area contributed by atoms with E-state index in [2.05, 4.69) is 4.90 Å². The van der Waals surface area contributed by atoms with Crippen molar-refractivity contribution in [2.24, 2.45) is 0 Å². The predicted molar refractivity (Wildman–Crippen MR) is 110 cm³/mol. The Hall–Kier alpha value is -2.44. The lowest BCUT2D eigenvalue weighted by molar-refractivity contribution is -0.133. The summed E-state index contributed by atoms with van der Waals surface area (Å²) in [5.74, 6) is -0.397. The van der Waals surface area contributed by atoms with Gasteiger partial charge < -0.3 is 9.80 Å². The van der Waals surface area contributed by atoms with Gasteiger partial charge in [-0.25, -0.2) is 4.39 Å². The van der Waals surface area contributed by atoms with Gasteiger partial charge in [0.25, 0.3) is 0 Å². The number of nitrogens with zero attached hydrogens (tertiary/aromatic N) is 3. The summed E-state index contributed by atoms with van der Waals surface area (Å²) in [6.07, 6.45) is 0.948. The van der Waals surface area contributed by atoms with E-state index in [1.54, 1.807) is 24.3 Å². The Labute approximate surface area is 174 Å². The SMILES string of the molecule is O=C(Cc1ccccc1Cl)N1CCN(C2CCN(c3ccccc3F)C2=O)CC1. The molecule has 29 heavy (non-hydrogen) atoms. The molecule has 0 aromatic heterocycles. The van der Waals surface area contributed by atoms with Gasteiger partial charge >= 0.3 is 0 Å². The van der Waals surface area contributed by atoms with Gasteiger partial charge in [0.2, 0.25) is 11.8 Å². The van der Waals surface area contributed by atoms with Crippen LogP contribution in [-0.4, -0.2) is 60.4 Å². The van der Waals surface area contributed by atoms with E-state index < -0.39 is 0 Å². The molecule has 2 aliphatic heterocycles. The van der Waals surface area contributed by atoms with Crippen LogP contribution in [0, 0.1) is 5.82 Å². The highest BCUT2D eigenvalue weighted by atomic mass is 35.5. The van der Waals surface area contributed by atoms with E-state index in [4.69, 9.17) is 11.6 Å². The molecule has 2 aliphatic rings. The van der Waals surface area contributed by atoms with Gasteiger partial charge in [0.05, 0.1) is 18.2 Å². The van der Waals surface area contributed by atoms with Crippen molar-refractivity contribution < 1.29 is 14.0 Å². The van der Waals surface area contributed by atoms with E-state index in [-0.39, 0.29) is 30.1 Å². The maximum absolute atomic E-state index is 14.1. The lowest BCUT2D eigenvalue weighted by atomic mass is 10.1. The molecule has 2 aromatic carbocycles. The van der Waals surface area contributed by atoms with Crippen LogP contribution in [-0.2, 0) is 16.0 Å². The summed E-state index contributed by atoms with van der Waals surface area (Å²) in [7, 11) is 0. The van der Waals surface area contributed by atoms with E-state index >= 15 is 0 Å². The zero-order valence-corrected chi connectivity index (χ0v) is 16.8. The van der Waals surface area contributed by atoms with Crippen molar-refractivity contribution >= 4 is 29.1 Å². The standard InChI is InChI=1S/C22H23ClFN3O2/c23-17-6-2-1-5-16(17)15-21(28)26-13-11-25(12-14-26)20-9-10-27(22(20)29)19-8-4-3-7-18(19)24/h1-8,20H,9-15H2. The molecule has 7 heteroatoms.